The van der Waals surface area contributed by atoms with Crippen LogP contribution in [-0.4, -0.2) is 32.1 Å². The molecule has 0 saturated carbocycles. The van der Waals surface area contributed by atoms with Gasteiger partial charge in [0.05, 0.1) is 24.9 Å². The van der Waals surface area contributed by atoms with Gasteiger partial charge in [0.2, 0.25) is 11.8 Å². The van der Waals surface area contributed by atoms with Crippen LogP contribution in [0.4, 0.5) is 5.69 Å². The fourth-order valence-corrected chi connectivity index (χ4v) is 1.81. The van der Waals surface area contributed by atoms with Crippen molar-refractivity contribution in [3.8, 4) is 11.5 Å². The predicted octanol–water partition coefficient (Wildman–Crippen LogP) is 1.82. The molecule has 1 atom stereocenters. The maximum atomic E-state index is 11.9. The maximum absolute atomic E-state index is 11.9. The summed E-state index contributed by atoms with van der Waals surface area (Å²) in [4.78, 5) is 22.8. The number of anilines is 1. The summed E-state index contributed by atoms with van der Waals surface area (Å²) in [5.74, 6) is 0.193. The zero-order valence-electron chi connectivity index (χ0n) is 11.7. The van der Waals surface area contributed by atoms with Crippen LogP contribution in [0, 0.1) is 0 Å². The second kappa shape index (κ2) is 7.00. The number of halogens is 1. The molecule has 0 aliphatic carbocycles. The number of rotatable bonds is 5. The highest BCUT2D eigenvalue weighted by atomic mass is 35.5. The monoisotopic (exact) mass is 300 g/mol. The van der Waals surface area contributed by atoms with Gasteiger partial charge in [-0.25, -0.2) is 0 Å². The van der Waals surface area contributed by atoms with E-state index in [1.807, 2.05) is 0 Å². The van der Waals surface area contributed by atoms with E-state index in [2.05, 4.69) is 10.6 Å². The molecule has 1 unspecified atom stereocenters. The van der Waals surface area contributed by atoms with Crippen LogP contribution in [0.2, 0.25) is 5.02 Å². The van der Waals surface area contributed by atoms with Crippen LogP contribution in [0.15, 0.2) is 12.1 Å². The van der Waals surface area contributed by atoms with E-state index in [-0.39, 0.29) is 11.8 Å². The van der Waals surface area contributed by atoms with Gasteiger partial charge in [0, 0.05) is 13.0 Å². The van der Waals surface area contributed by atoms with Gasteiger partial charge in [-0.15, -0.1) is 0 Å². The molecule has 0 saturated heterocycles. The summed E-state index contributed by atoms with van der Waals surface area (Å²) >= 11 is 6.00. The van der Waals surface area contributed by atoms with Crippen molar-refractivity contribution in [3.05, 3.63) is 17.2 Å². The maximum Gasteiger partial charge on any atom is 0.246 e. The van der Waals surface area contributed by atoms with E-state index in [0.717, 1.165) is 0 Å². The van der Waals surface area contributed by atoms with Gasteiger partial charge in [0.1, 0.15) is 17.5 Å². The van der Waals surface area contributed by atoms with Crippen LogP contribution in [0.1, 0.15) is 13.8 Å². The Labute approximate surface area is 122 Å². The molecule has 2 amide bonds. The Bertz CT molecular complexity index is 519. The fraction of sp³-hybridized carbons (Fsp3) is 0.385. The largest absolute Gasteiger partial charge is 0.495 e. The molecule has 0 aromatic heterocycles. The van der Waals surface area contributed by atoms with Gasteiger partial charge in [-0.05, 0) is 13.0 Å². The molecule has 0 radical (unpaired) electrons. The van der Waals surface area contributed by atoms with Crippen molar-refractivity contribution >= 4 is 29.1 Å². The standard InChI is InChI=1S/C13H17ClN2O4/c1-7(15-8(2)17)13(18)16-10-5-9(14)11(19-3)6-12(10)20-4/h5-7H,1-4H3,(H,15,17)(H,16,18). The lowest BCUT2D eigenvalue weighted by molar-refractivity contribution is -0.124. The van der Waals surface area contributed by atoms with Gasteiger partial charge in [0.25, 0.3) is 0 Å². The second-order valence-electron chi connectivity index (χ2n) is 4.10. The zero-order chi connectivity index (χ0) is 15.3. The number of hydrogen-bond donors (Lipinski definition) is 2. The Hall–Kier alpha value is -1.95. The average Bonchev–Trinajstić information content (AvgIpc) is 2.38. The Morgan fingerprint density at radius 3 is 2.30 bits per heavy atom. The van der Waals surface area contributed by atoms with Gasteiger partial charge in [-0.1, -0.05) is 11.6 Å². The molecule has 0 aliphatic heterocycles. The Kier molecular flexibility index (Phi) is 5.64. The van der Waals surface area contributed by atoms with E-state index in [9.17, 15) is 9.59 Å². The molecule has 2 N–H and O–H groups in total. The van der Waals surface area contributed by atoms with Crippen molar-refractivity contribution in [2.45, 2.75) is 19.9 Å². The highest BCUT2D eigenvalue weighted by molar-refractivity contribution is 6.32. The summed E-state index contributed by atoms with van der Waals surface area (Å²) in [6, 6.07) is 2.43. The summed E-state index contributed by atoms with van der Waals surface area (Å²) < 4.78 is 10.2. The number of methoxy groups -OCH3 is 2. The molecular formula is C13H17ClN2O4. The quantitative estimate of drug-likeness (QED) is 0.869. The molecule has 6 nitrogen and oxygen atoms in total. The van der Waals surface area contributed by atoms with Crippen molar-refractivity contribution in [1.29, 1.82) is 0 Å². The third-order valence-corrected chi connectivity index (χ3v) is 2.84. The van der Waals surface area contributed by atoms with Gasteiger partial charge in [-0.3, -0.25) is 9.59 Å². The lowest BCUT2D eigenvalue weighted by Gasteiger charge is -2.16. The Morgan fingerprint density at radius 2 is 1.80 bits per heavy atom. The minimum absolute atomic E-state index is 0.285. The van der Waals surface area contributed by atoms with Crippen LogP contribution in [-0.2, 0) is 9.59 Å². The number of ether oxygens (including phenoxy) is 2. The predicted molar refractivity (Wildman–Crippen MR) is 76.5 cm³/mol. The third kappa shape index (κ3) is 4.03. The van der Waals surface area contributed by atoms with Gasteiger partial charge < -0.3 is 20.1 Å². The molecule has 7 heteroatoms. The highest BCUT2D eigenvalue weighted by Crippen LogP contribution is 2.35. The smallest absolute Gasteiger partial charge is 0.246 e. The van der Waals surface area contributed by atoms with Crippen LogP contribution < -0.4 is 20.1 Å². The van der Waals surface area contributed by atoms with Crippen molar-refractivity contribution in [2.24, 2.45) is 0 Å². The van der Waals surface area contributed by atoms with E-state index in [4.69, 9.17) is 21.1 Å². The fourth-order valence-electron chi connectivity index (χ4n) is 1.57. The van der Waals surface area contributed by atoms with Crippen molar-refractivity contribution in [2.75, 3.05) is 19.5 Å². The summed E-state index contributed by atoms with van der Waals surface area (Å²) in [5.41, 5.74) is 0.403. The zero-order valence-corrected chi connectivity index (χ0v) is 12.5. The minimum atomic E-state index is -0.668. The number of nitrogens with one attached hydrogen (secondary N) is 2. The lowest BCUT2D eigenvalue weighted by atomic mass is 10.2. The number of carbonyl (C=O) groups excluding carboxylic acids is 2. The molecule has 0 fully saturated rings. The lowest BCUT2D eigenvalue weighted by Crippen LogP contribution is -2.40. The molecule has 1 rings (SSSR count). The van der Waals surface area contributed by atoms with Crippen molar-refractivity contribution < 1.29 is 19.1 Å². The van der Waals surface area contributed by atoms with Crippen LogP contribution in [0.3, 0.4) is 0 Å². The number of hydrogen-bond acceptors (Lipinski definition) is 4. The van der Waals surface area contributed by atoms with Crippen molar-refractivity contribution in [3.63, 3.8) is 0 Å². The van der Waals surface area contributed by atoms with E-state index < -0.39 is 6.04 Å². The normalized spacial score (nSPS) is 11.4. The van der Waals surface area contributed by atoms with Crippen LogP contribution in [0.25, 0.3) is 0 Å². The average molecular weight is 301 g/mol. The number of amides is 2. The van der Waals surface area contributed by atoms with E-state index in [0.29, 0.717) is 22.2 Å². The molecule has 0 aliphatic rings. The first kappa shape index (κ1) is 16.1. The molecule has 0 spiro atoms. The molecule has 0 heterocycles. The first-order valence-corrected chi connectivity index (χ1v) is 6.26. The molecule has 1 aromatic carbocycles. The van der Waals surface area contributed by atoms with Crippen molar-refractivity contribution in [1.82, 2.24) is 5.32 Å². The summed E-state index contributed by atoms with van der Waals surface area (Å²) in [6.07, 6.45) is 0. The first-order valence-electron chi connectivity index (χ1n) is 5.88. The molecular weight excluding hydrogens is 284 g/mol. The number of benzene rings is 1. The third-order valence-electron chi connectivity index (χ3n) is 2.54. The van der Waals surface area contributed by atoms with Crippen LogP contribution >= 0.6 is 11.6 Å². The summed E-state index contributed by atoms with van der Waals surface area (Å²) in [6.45, 7) is 2.92. The van der Waals surface area contributed by atoms with E-state index >= 15 is 0 Å². The minimum Gasteiger partial charge on any atom is -0.495 e. The summed E-state index contributed by atoms with van der Waals surface area (Å²) in [5, 5.41) is 5.47. The second-order valence-corrected chi connectivity index (χ2v) is 4.51. The molecule has 0 bridgehead atoms. The van der Waals surface area contributed by atoms with Gasteiger partial charge in [0.15, 0.2) is 0 Å². The molecule has 110 valence electrons. The number of carbonyl (C=O) groups is 2. The Morgan fingerprint density at radius 1 is 1.20 bits per heavy atom. The molecule has 1 aromatic rings. The molecule has 20 heavy (non-hydrogen) atoms. The SMILES string of the molecule is COc1cc(OC)c(NC(=O)C(C)NC(C)=O)cc1Cl. The summed E-state index contributed by atoms with van der Waals surface area (Å²) in [7, 11) is 2.95. The Balaban J connectivity index is 2.94. The van der Waals surface area contributed by atoms with Gasteiger partial charge >= 0.3 is 0 Å². The van der Waals surface area contributed by atoms with E-state index in [1.165, 1.54) is 27.2 Å². The van der Waals surface area contributed by atoms with Gasteiger partial charge in [-0.2, -0.15) is 0 Å². The topological polar surface area (TPSA) is 76.7 Å². The first-order chi connectivity index (χ1) is 9.38. The highest BCUT2D eigenvalue weighted by Gasteiger charge is 2.17. The van der Waals surface area contributed by atoms with Crippen LogP contribution in [0.5, 0.6) is 11.5 Å². The van der Waals surface area contributed by atoms with E-state index in [1.54, 1.807) is 13.0 Å².